The highest BCUT2D eigenvalue weighted by molar-refractivity contribution is 6.04. The summed E-state index contributed by atoms with van der Waals surface area (Å²) >= 11 is 0. The smallest absolute Gasteiger partial charge is 0.255 e. The van der Waals surface area contributed by atoms with Crippen LogP contribution in [0.3, 0.4) is 0 Å². The standard InChI is InChI=1S/C20H20N2O/c1-14-4-8-17(9-5-14)20(23)21-18-10-12-19(13-11-18)22-15(2)6-7-16(22)3/h4-13H,1-3H3,(H,21,23). The largest absolute Gasteiger partial charge is 0.322 e. The van der Waals surface area contributed by atoms with Crippen molar-refractivity contribution in [2.75, 3.05) is 5.32 Å². The molecule has 0 aliphatic heterocycles. The second-order valence-electron chi connectivity index (χ2n) is 5.82. The van der Waals surface area contributed by atoms with Crippen LogP contribution in [-0.4, -0.2) is 10.5 Å². The fourth-order valence-electron chi connectivity index (χ4n) is 2.68. The van der Waals surface area contributed by atoms with Gasteiger partial charge >= 0.3 is 0 Å². The molecule has 0 bridgehead atoms. The molecular formula is C20H20N2O. The summed E-state index contributed by atoms with van der Waals surface area (Å²) in [4.78, 5) is 12.2. The number of rotatable bonds is 3. The zero-order chi connectivity index (χ0) is 16.4. The van der Waals surface area contributed by atoms with Gasteiger partial charge in [-0.05, 0) is 69.3 Å². The van der Waals surface area contributed by atoms with Gasteiger partial charge in [-0.15, -0.1) is 0 Å². The van der Waals surface area contributed by atoms with Crippen LogP contribution < -0.4 is 5.32 Å². The van der Waals surface area contributed by atoms with E-state index in [1.807, 2.05) is 55.5 Å². The number of aromatic nitrogens is 1. The fourth-order valence-corrected chi connectivity index (χ4v) is 2.68. The second-order valence-corrected chi connectivity index (χ2v) is 5.82. The Kier molecular flexibility index (Phi) is 4.02. The summed E-state index contributed by atoms with van der Waals surface area (Å²) in [5.41, 5.74) is 6.08. The van der Waals surface area contributed by atoms with Crippen molar-refractivity contribution in [2.45, 2.75) is 20.8 Å². The molecule has 0 unspecified atom stereocenters. The minimum absolute atomic E-state index is 0.0916. The molecule has 3 heteroatoms. The number of carbonyl (C=O) groups is 1. The summed E-state index contributed by atoms with van der Waals surface area (Å²) < 4.78 is 2.19. The molecule has 0 saturated carbocycles. The van der Waals surface area contributed by atoms with Gasteiger partial charge < -0.3 is 9.88 Å². The van der Waals surface area contributed by atoms with Crippen LogP contribution in [0.4, 0.5) is 5.69 Å². The number of anilines is 1. The molecular weight excluding hydrogens is 284 g/mol. The average molecular weight is 304 g/mol. The molecule has 3 aromatic rings. The number of hydrogen-bond donors (Lipinski definition) is 1. The van der Waals surface area contributed by atoms with Gasteiger partial charge in [0.25, 0.3) is 5.91 Å². The third-order valence-corrected chi connectivity index (χ3v) is 3.97. The highest BCUT2D eigenvalue weighted by Gasteiger charge is 2.07. The fraction of sp³-hybridized carbons (Fsp3) is 0.150. The topological polar surface area (TPSA) is 34.0 Å². The van der Waals surface area contributed by atoms with Crippen molar-refractivity contribution in [1.29, 1.82) is 0 Å². The van der Waals surface area contributed by atoms with E-state index >= 15 is 0 Å². The van der Waals surface area contributed by atoms with Gasteiger partial charge in [0.1, 0.15) is 0 Å². The minimum Gasteiger partial charge on any atom is -0.322 e. The van der Waals surface area contributed by atoms with Crippen molar-refractivity contribution in [1.82, 2.24) is 4.57 Å². The normalized spacial score (nSPS) is 10.6. The highest BCUT2D eigenvalue weighted by Crippen LogP contribution is 2.19. The van der Waals surface area contributed by atoms with Gasteiger partial charge in [0.05, 0.1) is 0 Å². The van der Waals surface area contributed by atoms with Gasteiger partial charge in [0.15, 0.2) is 0 Å². The number of carbonyl (C=O) groups excluding carboxylic acids is 1. The molecule has 3 rings (SSSR count). The predicted octanol–water partition coefficient (Wildman–Crippen LogP) is 4.65. The first-order valence-electron chi connectivity index (χ1n) is 7.68. The number of hydrogen-bond acceptors (Lipinski definition) is 1. The van der Waals surface area contributed by atoms with Crippen molar-refractivity contribution in [3.8, 4) is 5.69 Å². The van der Waals surface area contributed by atoms with Crippen LogP contribution in [0.2, 0.25) is 0 Å². The summed E-state index contributed by atoms with van der Waals surface area (Å²) in [5, 5.41) is 2.93. The molecule has 0 aliphatic carbocycles. The Morgan fingerprint density at radius 3 is 1.91 bits per heavy atom. The Morgan fingerprint density at radius 1 is 0.783 bits per heavy atom. The molecule has 0 spiro atoms. The molecule has 1 aromatic heterocycles. The minimum atomic E-state index is -0.0916. The van der Waals surface area contributed by atoms with Gasteiger partial charge in [-0.3, -0.25) is 4.79 Å². The van der Waals surface area contributed by atoms with Crippen LogP contribution in [0, 0.1) is 20.8 Å². The molecule has 0 radical (unpaired) electrons. The second kappa shape index (κ2) is 6.13. The van der Waals surface area contributed by atoms with E-state index in [9.17, 15) is 4.79 Å². The van der Waals surface area contributed by atoms with E-state index in [4.69, 9.17) is 0 Å². The summed E-state index contributed by atoms with van der Waals surface area (Å²) in [6.45, 7) is 6.17. The van der Waals surface area contributed by atoms with Gasteiger partial charge in [0.2, 0.25) is 0 Å². The summed E-state index contributed by atoms with van der Waals surface area (Å²) in [6, 6.07) is 19.7. The average Bonchev–Trinajstić information content (AvgIpc) is 2.88. The van der Waals surface area contributed by atoms with E-state index in [-0.39, 0.29) is 5.91 Å². The maximum Gasteiger partial charge on any atom is 0.255 e. The Bertz CT molecular complexity index is 808. The highest BCUT2D eigenvalue weighted by atomic mass is 16.1. The lowest BCUT2D eigenvalue weighted by Crippen LogP contribution is -2.11. The molecule has 1 amide bonds. The van der Waals surface area contributed by atoms with E-state index in [0.29, 0.717) is 5.56 Å². The van der Waals surface area contributed by atoms with Gasteiger partial charge in [-0.25, -0.2) is 0 Å². The molecule has 0 saturated heterocycles. The molecule has 1 heterocycles. The Hall–Kier alpha value is -2.81. The molecule has 0 fully saturated rings. The van der Waals surface area contributed by atoms with Crippen LogP contribution in [0.25, 0.3) is 5.69 Å². The lowest BCUT2D eigenvalue weighted by Gasteiger charge is -2.11. The SMILES string of the molecule is Cc1ccc(C(=O)Nc2ccc(-n3c(C)ccc3C)cc2)cc1. The molecule has 23 heavy (non-hydrogen) atoms. The van der Waals surface area contributed by atoms with Gasteiger partial charge in [-0.1, -0.05) is 17.7 Å². The molecule has 0 aliphatic rings. The first-order chi connectivity index (χ1) is 11.0. The first-order valence-corrected chi connectivity index (χ1v) is 7.68. The lowest BCUT2D eigenvalue weighted by atomic mass is 10.1. The van der Waals surface area contributed by atoms with Crippen molar-refractivity contribution in [2.24, 2.45) is 0 Å². The van der Waals surface area contributed by atoms with Crippen LogP contribution in [0.5, 0.6) is 0 Å². The Morgan fingerprint density at radius 2 is 1.35 bits per heavy atom. The van der Waals surface area contributed by atoms with Crippen LogP contribution >= 0.6 is 0 Å². The monoisotopic (exact) mass is 304 g/mol. The lowest BCUT2D eigenvalue weighted by molar-refractivity contribution is 0.102. The number of amides is 1. The van der Waals surface area contributed by atoms with Crippen LogP contribution in [0.1, 0.15) is 27.3 Å². The number of nitrogens with one attached hydrogen (secondary N) is 1. The van der Waals surface area contributed by atoms with Crippen LogP contribution in [0.15, 0.2) is 60.7 Å². The van der Waals surface area contributed by atoms with Gasteiger partial charge in [0, 0.05) is 28.3 Å². The molecule has 116 valence electrons. The molecule has 0 atom stereocenters. The van der Waals surface area contributed by atoms with E-state index in [0.717, 1.165) is 16.9 Å². The zero-order valence-corrected chi connectivity index (χ0v) is 13.6. The number of benzene rings is 2. The van der Waals surface area contributed by atoms with E-state index in [1.54, 1.807) is 0 Å². The molecule has 3 nitrogen and oxygen atoms in total. The van der Waals surface area contributed by atoms with Crippen molar-refractivity contribution in [3.05, 3.63) is 83.2 Å². The third-order valence-electron chi connectivity index (χ3n) is 3.97. The molecule has 2 aromatic carbocycles. The quantitative estimate of drug-likeness (QED) is 0.750. The van der Waals surface area contributed by atoms with Crippen molar-refractivity contribution < 1.29 is 4.79 Å². The molecule has 1 N–H and O–H groups in total. The Balaban J connectivity index is 1.78. The summed E-state index contributed by atoms with van der Waals surface area (Å²) in [7, 11) is 0. The maximum absolute atomic E-state index is 12.2. The summed E-state index contributed by atoms with van der Waals surface area (Å²) in [6.07, 6.45) is 0. The third kappa shape index (κ3) is 3.19. The maximum atomic E-state index is 12.2. The Labute approximate surface area is 136 Å². The summed E-state index contributed by atoms with van der Waals surface area (Å²) in [5.74, 6) is -0.0916. The van der Waals surface area contributed by atoms with Crippen molar-refractivity contribution in [3.63, 3.8) is 0 Å². The first kappa shape index (κ1) is 15.1. The predicted molar refractivity (Wildman–Crippen MR) is 94.4 cm³/mol. The van der Waals surface area contributed by atoms with Gasteiger partial charge in [-0.2, -0.15) is 0 Å². The number of nitrogens with zero attached hydrogens (tertiary/aromatic N) is 1. The number of aryl methyl sites for hydroxylation is 3. The zero-order valence-electron chi connectivity index (χ0n) is 13.6. The van der Waals surface area contributed by atoms with E-state index in [2.05, 4.69) is 35.9 Å². The van der Waals surface area contributed by atoms with Crippen LogP contribution in [-0.2, 0) is 0 Å². The van der Waals surface area contributed by atoms with Crippen molar-refractivity contribution >= 4 is 11.6 Å². The van der Waals surface area contributed by atoms with E-state index in [1.165, 1.54) is 11.4 Å². The van der Waals surface area contributed by atoms with E-state index < -0.39 is 0 Å².